The van der Waals surface area contributed by atoms with Gasteiger partial charge in [0.25, 0.3) is 5.91 Å². The molecule has 1 aliphatic rings. The van der Waals surface area contributed by atoms with Gasteiger partial charge in [-0.05, 0) is 76.5 Å². The molecule has 0 radical (unpaired) electrons. The highest BCUT2D eigenvalue weighted by atomic mass is 127. The molecular weight excluding hydrogens is 503 g/mol. The molecule has 31 heavy (non-hydrogen) atoms. The van der Waals surface area contributed by atoms with Crippen molar-refractivity contribution in [3.63, 3.8) is 0 Å². The maximum atomic E-state index is 12.7. The third-order valence-electron chi connectivity index (χ3n) is 4.90. The van der Waals surface area contributed by atoms with E-state index in [2.05, 4.69) is 27.9 Å². The predicted molar refractivity (Wildman–Crippen MR) is 128 cm³/mol. The minimum absolute atomic E-state index is 0.245. The van der Waals surface area contributed by atoms with Gasteiger partial charge in [0.05, 0.1) is 6.54 Å². The first-order valence-electron chi connectivity index (χ1n) is 9.85. The predicted octanol–water partition coefficient (Wildman–Crippen LogP) is 5.27. The third-order valence-corrected chi connectivity index (χ3v) is 5.61. The van der Waals surface area contributed by atoms with Crippen LogP contribution < -0.4 is 10.1 Å². The number of halogens is 1. The Morgan fingerprint density at radius 3 is 2.42 bits per heavy atom. The zero-order valence-electron chi connectivity index (χ0n) is 17.0. The second kappa shape index (κ2) is 9.34. The Bertz CT molecular complexity index is 1140. The molecule has 0 atom stereocenters. The summed E-state index contributed by atoms with van der Waals surface area (Å²) in [6.45, 7) is 2.71. The second-order valence-corrected chi connectivity index (χ2v) is 8.60. The van der Waals surface area contributed by atoms with Gasteiger partial charge >= 0.3 is 6.03 Å². The quantitative estimate of drug-likeness (QED) is 0.272. The van der Waals surface area contributed by atoms with E-state index in [1.807, 2.05) is 79.7 Å². The molecule has 1 saturated heterocycles. The maximum absolute atomic E-state index is 12.7. The first kappa shape index (κ1) is 21.1. The molecule has 1 aliphatic heterocycles. The van der Waals surface area contributed by atoms with Crippen LogP contribution in [0.2, 0.25) is 0 Å². The van der Waals surface area contributed by atoms with E-state index < -0.39 is 6.03 Å². The number of rotatable bonds is 6. The monoisotopic (exact) mass is 524 g/mol. The number of nitrogens with zero attached hydrogens (tertiary/aromatic N) is 1. The van der Waals surface area contributed by atoms with Gasteiger partial charge in [0.15, 0.2) is 0 Å². The summed E-state index contributed by atoms with van der Waals surface area (Å²) in [6, 6.07) is 23.0. The van der Waals surface area contributed by atoms with Crippen LogP contribution in [0.15, 0.2) is 78.5 Å². The molecule has 1 heterocycles. The summed E-state index contributed by atoms with van der Waals surface area (Å²) < 4.78 is 7.01. The van der Waals surface area contributed by atoms with Crippen molar-refractivity contribution in [1.29, 1.82) is 0 Å². The highest BCUT2D eigenvalue weighted by Gasteiger charge is 2.33. The summed E-state index contributed by atoms with van der Waals surface area (Å²) in [6.07, 6.45) is 1.68. The van der Waals surface area contributed by atoms with Crippen LogP contribution in [0.1, 0.15) is 22.3 Å². The molecule has 3 amide bonds. The van der Waals surface area contributed by atoms with Crippen molar-refractivity contribution in [3.05, 3.63) is 104 Å². The third kappa shape index (κ3) is 5.32. The minimum Gasteiger partial charge on any atom is -0.489 e. The van der Waals surface area contributed by atoms with Crippen molar-refractivity contribution in [1.82, 2.24) is 10.2 Å². The number of urea groups is 1. The zero-order chi connectivity index (χ0) is 21.8. The maximum Gasteiger partial charge on any atom is 0.329 e. The first-order valence-corrected chi connectivity index (χ1v) is 10.9. The Balaban J connectivity index is 1.40. The van der Waals surface area contributed by atoms with Crippen molar-refractivity contribution in [3.8, 4) is 5.75 Å². The fraction of sp³-hybridized carbons (Fsp3) is 0.120. The molecule has 156 valence electrons. The van der Waals surface area contributed by atoms with E-state index in [4.69, 9.17) is 4.74 Å². The molecule has 0 aromatic heterocycles. The fourth-order valence-electron chi connectivity index (χ4n) is 3.28. The van der Waals surface area contributed by atoms with Gasteiger partial charge in [-0.25, -0.2) is 4.79 Å². The van der Waals surface area contributed by atoms with E-state index in [1.54, 1.807) is 6.08 Å². The van der Waals surface area contributed by atoms with E-state index >= 15 is 0 Å². The summed E-state index contributed by atoms with van der Waals surface area (Å²) in [7, 11) is 0. The fourth-order valence-corrected chi connectivity index (χ4v) is 3.64. The van der Waals surface area contributed by atoms with Crippen molar-refractivity contribution < 1.29 is 14.3 Å². The van der Waals surface area contributed by atoms with E-state index in [1.165, 1.54) is 8.47 Å². The Kier molecular flexibility index (Phi) is 6.36. The molecule has 0 spiro atoms. The first-order chi connectivity index (χ1) is 15.0. The van der Waals surface area contributed by atoms with Gasteiger partial charge in [-0.1, -0.05) is 54.1 Å². The Hall–Kier alpha value is -3.13. The minimum atomic E-state index is -0.407. The topological polar surface area (TPSA) is 58.6 Å². The summed E-state index contributed by atoms with van der Waals surface area (Å²) >= 11 is 2.27. The molecule has 0 aliphatic carbocycles. The SMILES string of the molecule is Cc1cccc(CN2C(=O)N/C(=C/c3ccc(OCc4ccc(I)cc4)cc3)C2=O)c1. The number of hydrogen-bond donors (Lipinski definition) is 1. The molecule has 5 nitrogen and oxygen atoms in total. The van der Waals surface area contributed by atoms with Crippen LogP contribution in [-0.2, 0) is 17.9 Å². The zero-order valence-corrected chi connectivity index (χ0v) is 19.1. The van der Waals surface area contributed by atoms with Gasteiger partial charge in [-0.2, -0.15) is 0 Å². The van der Waals surface area contributed by atoms with Gasteiger partial charge in [0.1, 0.15) is 18.1 Å². The molecule has 4 rings (SSSR count). The lowest BCUT2D eigenvalue weighted by Gasteiger charge is -2.12. The number of carbonyl (C=O) groups excluding carboxylic acids is 2. The van der Waals surface area contributed by atoms with Crippen molar-refractivity contribution in [2.45, 2.75) is 20.1 Å². The Morgan fingerprint density at radius 2 is 1.71 bits per heavy atom. The van der Waals surface area contributed by atoms with Crippen LogP contribution in [0.5, 0.6) is 5.75 Å². The van der Waals surface area contributed by atoms with Crippen LogP contribution in [0, 0.1) is 10.5 Å². The lowest BCUT2D eigenvalue weighted by atomic mass is 10.1. The lowest BCUT2D eigenvalue weighted by molar-refractivity contribution is -0.123. The van der Waals surface area contributed by atoms with E-state index in [9.17, 15) is 9.59 Å². The van der Waals surface area contributed by atoms with Crippen molar-refractivity contribution in [2.75, 3.05) is 0 Å². The molecule has 6 heteroatoms. The molecule has 0 saturated carbocycles. The molecule has 3 aromatic carbocycles. The molecule has 0 bridgehead atoms. The number of amides is 3. The van der Waals surface area contributed by atoms with E-state index in [-0.39, 0.29) is 18.1 Å². The average molecular weight is 524 g/mol. The standard InChI is InChI=1S/C25H21IN2O3/c1-17-3-2-4-20(13-17)15-28-24(29)23(27-25(28)30)14-18-7-11-22(12-8-18)31-16-19-5-9-21(26)10-6-19/h2-14H,15-16H2,1H3,(H,27,30)/b23-14+. The van der Waals surface area contributed by atoms with Crippen LogP contribution in [0.4, 0.5) is 4.79 Å². The number of carbonyl (C=O) groups is 2. The highest BCUT2D eigenvalue weighted by molar-refractivity contribution is 14.1. The van der Waals surface area contributed by atoms with Crippen LogP contribution in [0.3, 0.4) is 0 Å². The normalized spacial score (nSPS) is 14.8. The lowest BCUT2D eigenvalue weighted by Crippen LogP contribution is -2.30. The Labute approximate surface area is 194 Å². The van der Waals surface area contributed by atoms with E-state index in [0.717, 1.165) is 28.0 Å². The average Bonchev–Trinajstić information content (AvgIpc) is 3.02. The number of nitrogens with one attached hydrogen (secondary N) is 1. The van der Waals surface area contributed by atoms with Gasteiger partial charge in [0.2, 0.25) is 0 Å². The highest BCUT2D eigenvalue weighted by Crippen LogP contribution is 2.20. The molecular formula is C25H21IN2O3. The van der Waals surface area contributed by atoms with Crippen LogP contribution in [-0.4, -0.2) is 16.8 Å². The molecule has 0 unspecified atom stereocenters. The summed E-state index contributed by atoms with van der Waals surface area (Å²) in [5.41, 5.74) is 4.18. The summed E-state index contributed by atoms with van der Waals surface area (Å²) in [4.78, 5) is 26.2. The number of imide groups is 1. The van der Waals surface area contributed by atoms with Gasteiger partial charge < -0.3 is 10.1 Å². The number of benzene rings is 3. The van der Waals surface area contributed by atoms with Crippen molar-refractivity contribution in [2.24, 2.45) is 0 Å². The molecule has 1 N–H and O–H groups in total. The summed E-state index contributed by atoms with van der Waals surface area (Å²) in [5.74, 6) is 0.411. The number of hydrogen-bond acceptors (Lipinski definition) is 3. The summed E-state index contributed by atoms with van der Waals surface area (Å²) in [5, 5.41) is 2.67. The number of aryl methyl sites for hydroxylation is 1. The smallest absolute Gasteiger partial charge is 0.329 e. The number of ether oxygens (including phenoxy) is 1. The van der Waals surface area contributed by atoms with Crippen molar-refractivity contribution >= 4 is 40.6 Å². The second-order valence-electron chi connectivity index (χ2n) is 7.35. The van der Waals surface area contributed by atoms with Gasteiger partial charge in [-0.3, -0.25) is 9.69 Å². The van der Waals surface area contributed by atoms with Gasteiger partial charge in [0, 0.05) is 3.57 Å². The van der Waals surface area contributed by atoms with Gasteiger partial charge in [-0.15, -0.1) is 0 Å². The van der Waals surface area contributed by atoms with E-state index in [0.29, 0.717) is 6.61 Å². The molecule has 3 aromatic rings. The van der Waals surface area contributed by atoms with Crippen LogP contribution in [0.25, 0.3) is 6.08 Å². The molecule has 1 fully saturated rings. The Morgan fingerprint density at radius 1 is 0.968 bits per heavy atom. The van der Waals surface area contributed by atoms with Crippen LogP contribution >= 0.6 is 22.6 Å². The largest absolute Gasteiger partial charge is 0.489 e.